The number of halogens is 2. The van der Waals surface area contributed by atoms with Gasteiger partial charge in [-0.2, -0.15) is 15.2 Å². The molecule has 2 aliphatic heterocycles. The van der Waals surface area contributed by atoms with Gasteiger partial charge in [0.05, 0.1) is 23.9 Å². The number of likely N-dealkylation sites (tertiary alicyclic amines) is 1. The highest BCUT2D eigenvalue weighted by Gasteiger charge is 2.32. The van der Waals surface area contributed by atoms with Gasteiger partial charge in [0.15, 0.2) is 11.0 Å². The molecule has 32 heavy (non-hydrogen) atoms. The zero-order valence-corrected chi connectivity index (χ0v) is 18.3. The summed E-state index contributed by atoms with van der Waals surface area (Å²) in [6.07, 6.45) is 2.42. The third kappa shape index (κ3) is 4.33. The Kier molecular flexibility index (Phi) is 6.43. The van der Waals surface area contributed by atoms with E-state index in [1.807, 2.05) is 18.0 Å². The summed E-state index contributed by atoms with van der Waals surface area (Å²) in [5, 5.41) is 18.6. The number of hydrogen-bond acceptors (Lipinski definition) is 8. The molecule has 12 heteroatoms. The minimum Gasteiger partial charge on any atom is -0.465 e. The highest BCUT2D eigenvalue weighted by Crippen LogP contribution is 2.31. The van der Waals surface area contributed by atoms with Crippen molar-refractivity contribution in [3.05, 3.63) is 17.2 Å². The van der Waals surface area contributed by atoms with Crippen LogP contribution in [0.15, 0.2) is 6.20 Å². The number of pyridine rings is 1. The number of aromatic nitrogens is 3. The monoisotopic (exact) mass is 463 g/mol. The van der Waals surface area contributed by atoms with Crippen LogP contribution >= 0.6 is 11.6 Å². The first kappa shape index (κ1) is 22.2. The van der Waals surface area contributed by atoms with Gasteiger partial charge in [0.25, 0.3) is 0 Å². The Hall–Kier alpha value is -2.97. The van der Waals surface area contributed by atoms with Crippen molar-refractivity contribution in [2.24, 2.45) is 0 Å². The minimum absolute atomic E-state index is 0.0118. The van der Waals surface area contributed by atoms with Gasteiger partial charge in [-0.05, 0) is 26.4 Å². The van der Waals surface area contributed by atoms with Crippen molar-refractivity contribution in [1.82, 2.24) is 24.8 Å². The number of piperazine rings is 1. The van der Waals surface area contributed by atoms with Crippen LogP contribution < -0.4 is 9.64 Å². The molecule has 1 N–H and O–H groups in total. The fourth-order valence-electron chi connectivity index (χ4n) is 4.25. The van der Waals surface area contributed by atoms with E-state index in [1.165, 1.54) is 11.1 Å². The van der Waals surface area contributed by atoms with Gasteiger partial charge in [0.1, 0.15) is 17.9 Å². The second-order valence-electron chi connectivity index (χ2n) is 7.98. The largest absolute Gasteiger partial charge is 0.465 e. The molecule has 2 fully saturated rings. The second kappa shape index (κ2) is 9.26. The Bertz CT molecular complexity index is 1070. The van der Waals surface area contributed by atoms with E-state index in [1.54, 1.807) is 0 Å². The number of carboxylic acid groups (broad SMARTS) is 1. The molecule has 0 unspecified atom stereocenters. The van der Waals surface area contributed by atoms with Gasteiger partial charge in [-0.15, -0.1) is 0 Å². The molecule has 0 radical (unpaired) electrons. The lowest BCUT2D eigenvalue weighted by Gasteiger charge is -2.39. The van der Waals surface area contributed by atoms with Crippen molar-refractivity contribution in [1.29, 1.82) is 5.26 Å². The molecule has 4 rings (SSSR count). The number of nitrogens with zero attached hydrogens (tertiary/aromatic N) is 7. The Balaban J connectivity index is 1.68. The fraction of sp³-hybridized carbons (Fsp3) is 0.550. The quantitative estimate of drug-likeness (QED) is 0.666. The van der Waals surface area contributed by atoms with Crippen LogP contribution in [0.1, 0.15) is 19.3 Å². The number of ether oxygens (including phenoxy) is 1. The summed E-state index contributed by atoms with van der Waals surface area (Å²) in [6, 6.07) is 1.73. The van der Waals surface area contributed by atoms with Gasteiger partial charge in [0, 0.05) is 31.9 Å². The Labute approximate surface area is 189 Å². The average molecular weight is 464 g/mol. The number of nitriles is 1. The van der Waals surface area contributed by atoms with Crippen LogP contribution in [0.2, 0.25) is 5.15 Å². The Morgan fingerprint density at radius 3 is 2.88 bits per heavy atom. The average Bonchev–Trinajstić information content (AvgIpc) is 3.19. The maximum Gasteiger partial charge on any atom is 0.407 e. The zero-order chi connectivity index (χ0) is 22.8. The molecule has 0 bridgehead atoms. The number of fused-ring (bicyclic) bond motifs is 1. The Morgan fingerprint density at radius 2 is 2.19 bits per heavy atom. The lowest BCUT2D eigenvalue weighted by Crippen LogP contribution is -2.55. The first-order valence-electron chi connectivity index (χ1n) is 10.3. The lowest BCUT2D eigenvalue weighted by molar-refractivity contribution is 0.119. The molecule has 0 aliphatic carbocycles. The van der Waals surface area contributed by atoms with Crippen LogP contribution in [0.25, 0.3) is 10.9 Å². The topological polar surface area (TPSA) is 119 Å². The molecule has 1 amide bonds. The maximum atomic E-state index is 14.8. The van der Waals surface area contributed by atoms with Crippen LogP contribution in [0, 0.1) is 17.1 Å². The van der Waals surface area contributed by atoms with Crippen molar-refractivity contribution < 1.29 is 19.0 Å². The zero-order valence-electron chi connectivity index (χ0n) is 17.5. The minimum atomic E-state index is -1.08. The molecule has 170 valence electrons. The predicted molar refractivity (Wildman–Crippen MR) is 114 cm³/mol. The predicted octanol–water partition coefficient (Wildman–Crippen LogP) is 2.37. The lowest BCUT2D eigenvalue weighted by atomic mass is 10.1. The van der Waals surface area contributed by atoms with Crippen molar-refractivity contribution in [3.8, 4) is 12.1 Å². The number of anilines is 1. The van der Waals surface area contributed by atoms with E-state index in [2.05, 4.69) is 19.9 Å². The normalized spacial score (nSPS) is 21.7. The molecular weight excluding hydrogens is 441 g/mol. The molecule has 0 aromatic carbocycles. The van der Waals surface area contributed by atoms with E-state index in [0.717, 1.165) is 19.4 Å². The van der Waals surface area contributed by atoms with Crippen LogP contribution in [0.4, 0.5) is 15.0 Å². The molecule has 0 spiro atoms. The number of hydrogen-bond donors (Lipinski definition) is 1. The van der Waals surface area contributed by atoms with Crippen molar-refractivity contribution in [2.45, 2.75) is 31.3 Å². The number of likely N-dealkylation sites (N-methyl/N-ethyl adjacent to an activating group) is 1. The van der Waals surface area contributed by atoms with E-state index in [-0.39, 0.29) is 42.2 Å². The van der Waals surface area contributed by atoms with E-state index in [0.29, 0.717) is 24.4 Å². The van der Waals surface area contributed by atoms with E-state index in [4.69, 9.17) is 21.6 Å². The van der Waals surface area contributed by atoms with Gasteiger partial charge in [-0.25, -0.2) is 14.2 Å². The highest BCUT2D eigenvalue weighted by atomic mass is 35.5. The van der Waals surface area contributed by atoms with Crippen molar-refractivity contribution >= 4 is 34.4 Å². The molecule has 2 aliphatic rings. The van der Waals surface area contributed by atoms with E-state index < -0.39 is 18.0 Å². The molecular formula is C20H23ClFN7O3. The smallest absolute Gasteiger partial charge is 0.407 e. The fourth-order valence-corrected chi connectivity index (χ4v) is 4.38. The molecule has 2 saturated heterocycles. The standard InChI is InChI=1S/C20H23ClFN7O3/c1-27-6-2-3-13(27)11-32-19-25-16-14(9-24-17(21)15(16)22)18(26-19)28-7-8-29(20(30)31)12(10-28)4-5-23/h9,12-13H,2-4,6-8,10-11H2,1H3,(H,30,31)/t12-,13-/m0/s1. The summed E-state index contributed by atoms with van der Waals surface area (Å²) in [5.41, 5.74) is -0.0118. The molecule has 2 aromatic rings. The Morgan fingerprint density at radius 1 is 1.38 bits per heavy atom. The van der Waals surface area contributed by atoms with Crippen molar-refractivity contribution in [2.75, 3.05) is 44.7 Å². The van der Waals surface area contributed by atoms with E-state index in [9.17, 15) is 14.3 Å². The van der Waals surface area contributed by atoms with Gasteiger partial charge in [-0.3, -0.25) is 0 Å². The summed E-state index contributed by atoms with van der Waals surface area (Å²) in [4.78, 5) is 29.4. The first-order valence-corrected chi connectivity index (χ1v) is 10.7. The number of carbonyl (C=O) groups is 1. The summed E-state index contributed by atoms with van der Waals surface area (Å²) in [6.45, 7) is 2.07. The number of rotatable bonds is 5. The van der Waals surface area contributed by atoms with Crippen LogP contribution in [-0.2, 0) is 0 Å². The molecule has 10 nitrogen and oxygen atoms in total. The van der Waals surface area contributed by atoms with Gasteiger partial charge >= 0.3 is 12.1 Å². The molecule has 0 saturated carbocycles. The first-order chi connectivity index (χ1) is 15.4. The summed E-state index contributed by atoms with van der Waals surface area (Å²) < 4.78 is 20.6. The molecule has 2 atom stereocenters. The SMILES string of the molecule is CN1CCC[C@H]1COc1nc(N2CCN(C(=O)O)[C@@H](CC#N)C2)c2cnc(Cl)c(F)c2n1. The van der Waals surface area contributed by atoms with Crippen molar-refractivity contribution in [3.63, 3.8) is 0 Å². The summed E-state index contributed by atoms with van der Waals surface area (Å²) in [5.74, 6) is -0.394. The second-order valence-corrected chi connectivity index (χ2v) is 8.34. The summed E-state index contributed by atoms with van der Waals surface area (Å²) >= 11 is 5.88. The molecule has 4 heterocycles. The third-order valence-electron chi connectivity index (χ3n) is 6.03. The van der Waals surface area contributed by atoms with Crippen LogP contribution in [0.5, 0.6) is 6.01 Å². The maximum absolute atomic E-state index is 14.8. The van der Waals surface area contributed by atoms with Gasteiger partial charge in [0.2, 0.25) is 0 Å². The molecule has 2 aromatic heterocycles. The van der Waals surface area contributed by atoms with Gasteiger partial charge < -0.3 is 24.5 Å². The highest BCUT2D eigenvalue weighted by molar-refractivity contribution is 6.30. The number of amides is 1. The van der Waals surface area contributed by atoms with Crippen LogP contribution in [0.3, 0.4) is 0 Å². The van der Waals surface area contributed by atoms with Crippen LogP contribution in [-0.4, -0.2) is 87.9 Å². The summed E-state index contributed by atoms with van der Waals surface area (Å²) in [7, 11) is 2.02. The van der Waals surface area contributed by atoms with Gasteiger partial charge in [-0.1, -0.05) is 11.6 Å². The third-order valence-corrected chi connectivity index (χ3v) is 6.30. The van der Waals surface area contributed by atoms with E-state index >= 15 is 0 Å².